The van der Waals surface area contributed by atoms with Gasteiger partial charge in [0.1, 0.15) is 12.6 Å². The van der Waals surface area contributed by atoms with E-state index < -0.39 is 28.5 Å². The summed E-state index contributed by atoms with van der Waals surface area (Å²) in [5.41, 5.74) is 1.71. The summed E-state index contributed by atoms with van der Waals surface area (Å²) in [5.74, 6) is -0.218. The van der Waals surface area contributed by atoms with E-state index in [2.05, 4.69) is 5.32 Å². The smallest absolute Gasteiger partial charge is 0.264 e. The summed E-state index contributed by atoms with van der Waals surface area (Å²) >= 11 is 6.42. The average Bonchev–Trinajstić information content (AvgIpc) is 2.96. The molecule has 0 unspecified atom stereocenters. The maximum absolute atomic E-state index is 14.1. The lowest BCUT2D eigenvalue weighted by Crippen LogP contribution is -2.52. The van der Waals surface area contributed by atoms with Crippen molar-refractivity contribution in [3.63, 3.8) is 0 Å². The summed E-state index contributed by atoms with van der Waals surface area (Å²) < 4.78 is 39.8. The molecule has 11 heteroatoms. The molecule has 0 aliphatic carbocycles. The number of rotatable bonds is 13. The van der Waals surface area contributed by atoms with E-state index in [0.717, 1.165) is 9.87 Å². The molecule has 0 saturated heterocycles. The normalized spacial score (nSPS) is 11.9. The summed E-state index contributed by atoms with van der Waals surface area (Å²) in [6, 6.07) is 17.1. The predicted molar refractivity (Wildman–Crippen MR) is 160 cm³/mol. The molecule has 2 amide bonds. The number of amides is 2. The number of ether oxygens (including phenoxy) is 2. The minimum atomic E-state index is -4.23. The molecule has 0 aromatic heterocycles. The lowest BCUT2D eigenvalue weighted by Gasteiger charge is -2.33. The van der Waals surface area contributed by atoms with E-state index >= 15 is 0 Å². The summed E-state index contributed by atoms with van der Waals surface area (Å²) in [7, 11) is -1.31. The number of anilines is 1. The molecule has 41 heavy (non-hydrogen) atoms. The fraction of sp³-hybridized carbons (Fsp3) is 0.333. The highest BCUT2D eigenvalue weighted by Gasteiger charge is 2.34. The van der Waals surface area contributed by atoms with Crippen molar-refractivity contribution < 1.29 is 27.5 Å². The molecule has 0 saturated carbocycles. The monoisotopic (exact) mass is 601 g/mol. The van der Waals surface area contributed by atoms with E-state index in [4.69, 9.17) is 21.1 Å². The number of hydrogen-bond acceptors (Lipinski definition) is 6. The molecule has 0 aliphatic heterocycles. The van der Waals surface area contributed by atoms with Gasteiger partial charge in [0.15, 0.2) is 11.5 Å². The Morgan fingerprint density at radius 3 is 2.20 bits per heavy atom. The predicted octanol–water partition coefficient (Wildman–Crippen LogP) is 4.80. The summed E-state index contributed by atoms with van der Waals surface area (Å²) in [4.78, 5) is 28.5. The van der Waals surface area contributed by atoms with Crippen LogP contribution in [0.4, 0.5) is 5.69 Å². The Balaban J connectivity index is 2.13. The molecule has 0 spiro atoms. The van der Waals surface area contributed by atoms with E-state index in [1.54, 1.807) is 62.4 Å². The average molecular weight is 602 g/mol. The van der Waals surface area contributed by atoms with Gasteiger partial charge >= 0.3 is 0 Å². The van der Waals surface area contributed by atoms with Crippen LogP contribution in [0.3, 0.4) is 0 Å². The zero-order valence-corrected chi connectivity index (χ0v) is 25.5. The second-order valence-corrected chi connectivity index (χ2v) is 11.6. The highest BCUT2D eigenvalue weighted by molar-refractivity contribution is 7.92. The number of methoxy groups -OCH3 is 2. The number of aryl methyl sites for hydroxylation is 1. The number of sulfonamides is 1. The topological polar surface area (TPSA) is 105 Å². The minimum Gasteiger partial charge on any atom is -0.493 e. The van der Waals surface area contributed by atoms with Crippen molar-refractivity contribution in [2.45, 2.75) is 44.7 Å². The first-order valence-corrected chi connectivity index (χ1v) is 15.0. The number of carbonyl (C=O) groups excluding carboxylic acids is 2. The van der Waals surface area contributed by atoms with Gasteiger partial charge in [0.2, 0.25) is 11.8 Å². The Hall–Kier alpha value is -3.76. The third-order valence-corrected chi connectivity index (χ3v) is 8.74. The quantitative estimate of drug-likeness (QED) is 0.302. The van der Waals surface area contributed by atoms with Crippen LogP contribution >= 0.6 is 11.6 Å². The number of carbonyl (C=O) groups is 2. The lowest BCUT2D eigenvalue weighted by molar-refractivity contribution is -0.140. The maximum atomic E-state index is 14.1. The van der Waals surface area contributed by atoms with Crippen LogP contribution in [0, 0.1) is 6.92 Å². The van der Waals surface area contributed by atoms with Gasteiger partial charge in [0.25, 0.3) is 10.0 Å². The Bertz CT molecular complexity index is 1460. The number of likely N-dealkylation sites (N-methyl/N-ethyl adjacent to an activating group) is 1. The van der Waals surface area contributed by atoms with E-state index in [-0.39, 0.29) is 23.0 Å². The number of nitrogens with one attached hydrogen (secondary N) is 1. The molecule has 3 rings (SSSR count). The first kappa shape index (κ1) is 31.8. The van der Waals surface area contributed by atoms with Crippen LogP contribution in [0.25, 0.3) is 0 Å². The molecule has 0 fully saturated rings. The second kappa shape index (κ2) is 14.2. The van der Waals surface area contributed by atoms with Crippen LogP contribution < -0.4 is 19.1 Å². The van der Waals surface area contributed by atoms with Gasteiger partial charge in [-0.25, -0.2) is 8.42 Å². The van der Waals surface area contributed by atoms with Gasteiger partial charge in [-0.1, -0.05) is 54.4 Å². The van der Waals surface area contributed by atoms with Crippen molar-refractivity contribution in [1.82, 2.24) is 10.2 Å². The van der Waals surface area contributed by atoms with Crippen LogP contribution in [-0.4, -0.2) is 58.5 Å². The molecule has 0 aliphatic rings. The van der Waals surface area contributed by atoms with Gasteiger partial charge in [0.05, 0.1) is 24.8 Å². The van der Waals surface area contributed by atoms with Crippen molar-refractivity contribution in [2.75, 3.05) is 31.6 Å². The zero-order valence-electron chi connectivity index (χ0n) is 23.9. The molecule has 0 bridgehead atoms. The van der Waals surface area contributed by atoms with Crippen LogP contribution in [0.15, 0.2) is 71.6 Å². The van der Waals surface area contributed by atoms with Crippen molar-refractivity contribution in [1.29, 1.82) is 0 Å². The highest BCUT2D eigenvalue weighted by Crippen LogP contribution is 2.34. The van der Waals surface area contributed by atoms with Gasteiger partial charge in [-0.2, -0.15) is 0 Å². The van der Waals surface area contributed by atoms with Gasteiger partial charge in [-0.05, 0) is 56.2 Å². The van der Waals surface area contributed by atoms with Gasteiger partial charge in [-0.15, -0.1) is 0 Å². The molecular weight excluding hydrogens is 566 g/mol. The van der Waals surface area contributed by atoms with E-state index in [1.807, 2.05) is 6.92 Å². The number of halogens is 1. The van der Waals surface area contributed by atoms with Crippen LogP contribution in [0.1, 0.15) is 31.4 Å². The number of nitrogens with zero attached hydrogens (tertiary/aromatic N) is 2. The third-order valence-electron chi connectivity index (χ3n) is 6.58. The number of benzene rings is 3. The Kier molecular flexibility index (Phi) is 11.0. The minimum absolute atomic E-state index is 0.0124. The van der Waals surface area contributed by atoms with Crippen molar-refractivity contribution >= 4 is 39.1 Å². The molecule has 0 radical (unpaired) electrons. The molecule has 1 N–H and O–H groups in total. The van der Waals surface area contributed by atoms with Gasteiger partial charge in [0, 0.05) is 24.2 Å². The summed E-state index contributed by atoms with van der Waals surface area (Å²) in [6.07, 6.45) is 0.309. The summed E-state index contributed by atoms with van der Waals surface area (Å²) in [6.45, 7) is 5.25. The van der Waals surface area contributed by atoms with Gasteiger partial charge < -0.3 is 19.7 Å². The maximum Gasteiger partial charge on any atom is 0.264 e. The first-order valence-electron chi connectivity index (χ1n) is 13.2. The standard InChI is InChI=1S/C30H36ClN3O6S/c1-6-26(30(36)32-7-2)33(19-22-10-8-9-11-25(22)31)29(35)20-34(23-14-17-27(39-4)28(18-23)40-5)41(37,38)24-15-12-21(3)13-16-24/h8-18,26H,6-7,19-20H2,1-5H3,(H,32,36)/t26-/m0/s1. The number of hydrogen-bond donors (Lipinski definition) is 1. The van der Waals surface area contributed by atoms with E-state index in [1.165, 1.54) is 37.3 Å². The molecule has 220 valence electrons. The molecule has 3 aromatic rings. The Morgan fingerprint density at radius 2 is 1.61 bits per heavy atom. The summed E-state index contributed by atoms with van der Waals surface area (Å²) in [5, 5.41) is 3.21. The molecule has 9 nitrogen and oxygen atoms in total. The molecular formula is C30H36ClN3O6S. The SMILES string of the molecule is CCNC(=O)[C@H](CC)N(Cc1ccccc1Cl)C(=O)CN(c1ccc(OC)c(OC)c1)S(=O)(=O)c1ccc(C)cc1. The van der Waals surface area contributed by atoms with Crippen LogP contribution in [0.2, 0.25) is 5.02 Å². The lowest BCUT2D eigenvalue weighted by atomic mass is 10.1. The van der Waals surface area contributed by atoms with Gasteiger partial charge in [-0.3, -0.25) is 13.9 Å². The fourth-order valence-electron chi connectivity index (χ4n) is 4.37. The largest absolute Gasteiger partial charge is 0.493 e. The van der Waals surface area contributed by atoms with Crippen molar-refractivity contribution in [2.24, 2.45) is 0 Å². The molecule has 0 heterocycles. The van der Waals surface area contributed by atoms with E-state index in [9.17, 15) is 18.0 Å². The third kappa shape index (κ3) is 7.51. The Labute approximate surface area is 247 Å². The van der Waals surface area contributed by atoms with Crippen molar-refractivity contribution in [3.8, 4) is 11.5 Å². The van der Waals surface area contributed by atoms with Crippen LogP contribution in [-0.2, 0) is 26.2 Å². The highest BCUT2D eigenvalue weighted by atomic mass is 35.5. The second-order valence-electron chi connectivity index (χ2n) is 9.30. The Morgan fingerprint density at radius 1 is 0.951 bits per heavy atom. The zero-order chi connectivity index (χ0) is 30.2. The molecule has 1 atom stereocenters. The fourth-order valence-corrected chi connectivity index (χ4v) is 5.97. The van der Waals surface area contributed by atoms with E-state index in [0.29, 0.717) is 35.1 Å². The molecule has 3 aromatic carbocycles. The first-order chi connectivity index (χ1) is 19.6. The van der Waals surface area contributed by atoms with Crippen LogP contribution in [0.5, 0.6) is 11.5 Å². The van der Waals surface area contributed by atoms with Crippen molar-refractivity contribution in [3.05, 3.63) is 82.9 Å².